The molecule has 0 fully saturated rings. The van der Waals surface area contributed by atoms with E-state index in [-0.39, 0.29) is 11.6 Å². The Balaban J connectivity index is 2.28. The van der Waals surface area contributed by atoms with Crippen molar-refractivity contribution in [1.29, 1.82) is 0 Å². The van der Waals surface area contributed by atoms with Crippen molar-refractivity contribution < 1.29 is 14.8 Å². The summed E-state index contributed by atoms with van der Waals surface area (Å²) >= 11 is 0. The molecule has 5 nitrogen and oxygen atoms in total. The van der Waals surface area contributed by atoms with Crippen LogP contribution in [0.2, 0.25) is 0 Å². The van der Waals surface area contributed by atoms with E-state index in [1.165, 1.54) is 12.1 Å². The molecule has 0 amide bonds. The molecule has 5 heteroatoms. The Bertz CT molecular complexity index is 492. The van der Waals surface area contributed by atoms with Crippen LogP contribution in [0.4, 0.5) is 5.69 Å². The Morgan fingerprint density at radius 2 is 2.00 bits per heavy atom. The van der Waals surface area contributed by atoms with Gasteiger partial charge in [-0.05, 0) is 18.4 Å². The van der Waals surface area contributed by atoms with Gasteiger partial charge in [0.2, 0.25) is 0 Å². The third-order valence-corrected chi connectivity index (χ3v) is 3.23. The summed E-state index contributed by atoms with van der Waals surface area (Å²) in [6.45, 7) is 0. The first kappa shape index (κ1) is 12.3. The van der Waals surface area contributed by atoms with Crippen LogP contribution in [-0.2, 0) is 4.79 Å². The van der Waals surface area contributed by atoms with Gasteiger partial charge in [0.1, 0.15) is 0 Å². The minimum atomic E-state index is -0.817. The van der Waals surface area contributed by atoms with Gasteiger partial charge in [0.05, 0.1) is 10.8 Å². The summed E-state index contributed by atoms with van der Waals surface area (Å²) in [6, 6.07) is 6.09. The van der Waals surface area contributed by atoms with Crippen LogP contribution < -0.4 is 0 Å². The van der Waals surface area contributed by atoms with E-state index in [1.807, 2.05) is 12.2 Å². The van der Waals surface area contributed by atoms with E-state index in [4.69, 9.17) is 0 Å². The van der Waals surface area contributed by atoms with Crippen molar-refractivity contribution >= 4 is 11.7 Å². The van der Waals surface area contributed by atoms with Crippen LogP contribution in [-0.4, -0.2) is 16.0 Å². The van der Waals surface area contributed by atoms with Crippen LogP contribution in [0, 0.1) is 16.0 Å². The molecule has 0 aliphatic heterocycles. The molecule has 2 atom stereocenters. The lowest BCUT2D eigenvalue weighted by Crippen LogP contribution is -2.22. The van der Waals surface area contributed by atoms with E-state index in [1.54, 1.807) is 12.1 Å². The molecule has 1 aromatic rings. The number of benzene rings is 1. The quantitative estimate of drug-likeness (QED) is 0.506. The summed E-state index contributed by atoms with van der Waals surface area (Å²) < 4.78 is 0. The Hall–Kier alpha value is -2.17. The second-order valence-corrected chi connectivity index (χ2v) is 4.32. The first-order valence-corrected chi connectivity index (χ1v) is 5.73. The molecule has 0 aromatic heterocycles. The van der Waals surface area contributed by atoms with Crippen molar-refractivity contribution in [3.05, 3.63) is 52.1 Å². The Morgan fingerprint density at radius 3 is 2.56 bits per heavy atom. The molecule has 2 rings (SSSR count). The topological polar surface area (TPSA) is 80.4 Å². The summed E-state index contributed by atoms with van der Waals surface area (Å²) in [7, 11) is 0. The second kappa shape index (κ2) is 5.00. The molecule has 0 bridgehead atoms. The lowest BCUT2D eigenvalue weighted by atomic mass is 9.79. The van der Waals surface area contributed by atoms with Gasteiger partial charge in [0, 0.05) is 18.1 Å². The number of rotatable bonds is 3. The zero-order chi connectivity index (χ0) is 13.1. The zero-order valence-electron chi connectivity index (χ0n) is 9.65. The number of nitrogens with zero attached hydrogens (tertiary/aromatic N) is 1. The first-order chi connectivity index (χ1) is 8.59. The molecule has 0 heterocycles. The number of non-ortho nitro benzene ring substituents is 1. The van der Waals surface area contributed by atoms with E-state index < -0.39 is 16.8 Å². The molecule has 1 aliphatic rings. The number of nitro benzene ring substituents is 1. The van der Waals surface area contributed by atoms with Gasteiger partial charge >= 0.3 is 5.97 Å². The Labute approximate surface area is 104 Å². The lowest BCUT2D eigenvalue weighted by molar-refractivity contribution is -0.384. The van der Waals surface area contributed by atoms with Crippen LogP contribution >= 0.6 is 0 Å². The number of aliphatic carboxylic acids is 1. The maximum Gasteiger partial charge on any atom is 0.307 e. The molecule has 94 valence electrons. The zero-order valence-corrected chi connectivity index (χ0v) is 9.65. The van der Waals surface area contributed by atoms with Crippen molar-refractivity contribution in [3.8, 4) is 0 Å². The highest BCUT2D eigenvalue weighted by atomic mass is 16.6. The van der Waals surface area contributed by atoms with Crippen LogP contribution in [0.1, 0.15) is 24.3 Å². The molecule has 18 heavy (non-hydrogen) atoms. The SMILES string of the molecule is O=C(O)C1CCC=CC1c1ccc([N+](=O)[O-])cc1. The molecule has 0 saturated carbocycles. The highest BCUT2D eigenvalue weighted by Crippen LogP contribution is 2.34. The maximum absolute atomic E-state index is 11.2. The molecular weight excluding hydrogens is 234 g/mol. The Kier molecular flexibility index (Phi) is 3.41. The van der Waals surface area contributed by atoms with E-state index >= 15 is 0 Å². The number of nitro groups is 1. The van der Waals surface area contributed by atoms with Crippen molar-refractivity contribution in [2.45, 2.75) is 18.8 Å². The highest BCUT2D eigenvalue weighted by Gasteiger charge is 2.29. The van der Waals surface area contributed by atoms with Crippen molar-refractivity contribution in [2.75, 3.05) is 0 Å². The molecule has 0 radical (unpaired) electrons. The van der Waals surface area contributed by atoms with E-state index in [0.717, 1.165) is 12.0 Å². The molecule has 1 N–H and O–H groups in total. The van der Waals surface area contributed by atoms with Gasteiger partial charge < -0.3 is 5.11 Å². The molecule has 2 unspecified atom stereocenters. The fraction of sp³-hybridized carbons (Fsp3) is 0.308. The van der Waals surface area contributed by atoms with E-state index in [9.17, 15) is 20.0 Å². The lowest BCUT2D eigenvalue weighted by Gasteiger charge is -2.24. The van der Waals surface area contributed by atoms with Crippen molar-refractivity contribution in [2.24, 2.45) is 5.92 Å². The molecule has 0 spiro atoms. The highest BCUT2D eigenvalue weighted by molar-refractivity contribution is 5.72. The predicted octanol–water partition coefficient (Wildman–Crippen LogP) is 2.73. The first-order valence-electron chi connectivity index (χ1n) is 5.73. The van der Waals surface area contributed by atoms with Crippen LogP contribution in [0.15, 0.2) is 36.4 Å². The number of carbonyl (C=O) groups is 1. The van der Waals surface area contributed by atoms with Gasteiger partial charge in [-0.1, -0.05) is 24.3 Å². The van der Waals surface area contributed by atoms with Crippen molar-refractivity contribution in [3.63, 3.8) is 0 Å². The van der Waals surface area contributed by atoms with Crippen LogP contribution in [0.25, 0.3) is 0 Å². The predicted molar refractivity (Wildman–Crippen MR) is 65.3 cm³/mol. The summed E-state index contributed by atoms with van der Waals surface area (Å²) in [5.74, 6) is -1.46. The monoisotopic (exact) mass is 247 g/mol. The van der Waals surface area contributed by atoms with Crippen molar-refractivity contribution in [1.82, 2.24) is 0 Å². The summed E-state index contributed by atoms with van der Waals surface area (Å²) in [5.41, 5.74) is 0.828. The standard InChI is InChI=1S/C13H13NO4/c15-13(16)12-4-2-1-3-11(12)9-5-7-10(8-6-9)14(17)18/h1,3,5-8,11-12H,2,4H2,(H,15,16). The van der Waals surface area contributed by atoms with Gasteiger partial charge in [-0.2, -0.15) is 0 Å². The van der Waals surface area contributed by atoms with Gasteiger partial charge in [-0.3, -0.25) is 14.9 Å². The normalized spacial score (nSPS) is 22.7. The fourth-order valence-electron chi connectivity index (χ4n) is 2.27. The smallest absolute Gasteiger partial charge is 0.307 e. The minimum absolute atomic E-state index is 0.0189. The third-order valence-electron chi connectivity index (χ3n) is 3.23. The summed E-state index contributed by atoms with van der Waals surface area (Å²) in [5, 5.41) is 19.7. The number of hydrogen-bond acceptors (Lipinski definition) is 3. The summed E-state index contributed by atoms with van der Waals surface area (Å²) in [6.07, 6.45) is 5.21. The maximum atomic E-state index is 11.2. The number of allylic oxidation sites excluding steroid dienone is 2. The molecule has 1 aliphatic carbocycles. The number of carboxylic acid groups (broad SMARTS) is 1. The Morgan fingerprint density at radius 1 is 1.33 bits per heavy atom. The van der Waals surface area contributed by atoms with Crippen LogP contribution in [0.5, 0.6) is 0 Å². The number of carboxylic acids is 1. The van der Waals surface area contributed by atoms with Gasteiger partial charge in [-0.15, -0.1) is 0 Å². The minimum Gasteiger partial charge on any atom is -0.481 e. The summed E-state index contributed by atoms with van der Waals surface area (Å²) in [4.78, 5) is 21.3. The van der Waals surface area contributed by atoms with E-state index in [2.05, 4.69) is 0 Å². The van der Waals surface area contributed by atoms with E-state index in [0.29, 0.717) is 6.42 Å². The largest absolute Gasteiger partial charge is 0.481 e. The fourth-order valence-corrected chi connectivity index (χ4v) is 2.27. The van der Waals surface area contributed by atoms with Crippen LogP contribution in [0.3, 0.4) is 0 Å². The second-order valence-electron chi connectivity index (χ2n) is 4.32. The average molecular weight is 247 g/mol. The molecule has 1 aromatic carbocycles. The molecule has 0 saturated heterocycles. The van der Waals surface area contributed by atoms with Gasteiger partial charge in [0.25, 0.3) is 5.69 Å². The van der Waals surface area contributed by atoms with Gasteiger partial charge in [0.15, 0.2) is 0 Å². The molecular formula is C13H13NO4. The third kappa shape index (κ3) is 2.40. The number of hydrogen-bond donors (Lipinski definition) is 1. The van der Waals surface area contributed by atoms with Gasteiger partial charge in [-0.25, -0.2) is 0 Å². The average Bonchev–Trinajstić information content (AvgIpc) is 2.39.